The van der Waals surface area contributed by atoms with Crippen LogP contribution in [0.3, 0.4) is 0 Å². The molecule has 12 heavy (non-hydrogen) atoms. The van der Waals surface area contributed by atoms with Crippen molar-refractivity contribution in [2.24, 2.45) is 0 Å². The van der Waals surface area contributed by atoms with Crippen LogP contribution < -0.4 is 0 Å². The number of thiocarbonyl (C=S) groups is 1. The molecule has 1 saturated heterocycles. The van der Waals surface area contributed by atoms with E-state index in [1.165, 1.54) is 0 Å². The fourth-order valence-electron chi connectivity index (χ4n) is 1.26. The van der Waals surface area contributed by atoms with Crippen molar-refractivity contribution in [2.45, 2.75) is 6.92 Å². The lowest BCUT2D eigenvalue weighted by Gasteiger charge is -2.34. The number of hydrogen-bond donors (Lipinski definition) is 1. The molecule has 0 aromatic rings. The Bertz CT molecular complexity index is 146. The van der Waals surface area contributed by atoms with Gasteiger partial charge in [0.05, 0.1) is 0 Å². The Balaban J connectivity index is 0.00000121. The minimum atomic E-state index is 0. The second kappa shape index (κ2) is 5.75. The highest BCUT2D eigenvalue weighted by molar-refractivity contribution is 8.10. The van der Waals surface area contributed by atoms with Gasteiger partial charge < -0.3 is 15.3 Å². The van der Waals surface area contributed by atoms with Gasteiger partial charge in [0.25, 0.3) is 0 Å². The molecule has 0 radical (unpaired) electrons. The minimum Gasteiger partial charge on any atom is -0.412 e. The quantitative estimate of drug-likeness (QED) is 0.487. The molecule has 1 heterocycles. The van der Waals surface area contributed by atoms with E-state index in [9.17, 15) is 0 Å². The molecule has 5 heteroatoms. The lowest BCUT2D eigenvalue weighted by molar-refractivity contribution is 0.194. The monoisotopic (exact) mass is 208 g/mol. The molecule has 0 bridgehead atoms. The van der Waals surface area contributed by atoms with Gasteiger partial charge >= 0.3 is 0 Å². The van der Waals surface area contributed by atoms with E-state index >= 15 is 0 Å². The summed E-state index contributed by atoms with van der Waals surface area (Å²) in [6.45, 7) is 7.66. The third-order valence-electron chi connectivity index (χ3n) is 2.09. The first-order valence-corrected chi connectivity index (χ1v) is 4.80. The van der Waals surface area contributed by atoms with Crippen molar-refractivity contribution in [1.29, 1.82) is 0 Å². The first kappa shape index (κ1) is 12.2. The van der Waals surface area contributed by atoms with Gasteiger partial charge in [0, 0.05) is 26.2 Å². The molecule has 0 aliphatic carbocycles. The lowest BCUT2D eigenvalue weighted by atomic mass is 10.3. The fraction of sp³-hybridized carbons (Fsp3) is 0.857. The van der Waals surface area contributed by atoms with Crippen molar-refractivity contribution in [3.8, 4) is 0 Å². The zero-order valence-corrected chi connectivity index (χ0v) is 9.00. The molecule has 0 spiro atoms. The molecule has 1 fully saturated rings. The topological polar surface area (TPSA) is 38.0 Å². The molecule has 3 nitrogen and oxygen atoms in total. The summed E-state index contributed by atoms with van der Waals surface area (Å²) in [5.41, 5.74) is 0. The van der Waals surface area contributed by atoms with Crippen LogP contribution in [0.1, 0.15) is 6.92 Å². The van der Waals surface area contributed by atoms with Crippen LogP contribution in [0.25, 0.3) is 0 Å². The van der Waals surface area contributed by atoms with Crippen molar-refractivity contribution >= 4 is 29.2 Å². The summed E-state index contributed by atoms with van der Waals surface area (Å²) in [5, 5.41) is 0. The van der Waals surface area contributed by atoms with Crippen LogP contribution in [-0.2, 0) is 0 Å². The highest BCUT2D eigenvalue weighted by Gasteiger charge is 2.15. The predicted molar refractivity (Wildman–Crippen MR) is 58.9 cm³/mol. The van der Waals surface area contributed by atoms with E-state index in [1.54, 1.807) is 0 Å². The van der Waals surface area contributed by atoms with E-state index in [-0.39, 0.29) is 5.48 Å². The standard InChI is InChI=1S/C7H14N2S2.H2O/c1-2-8-3-5-9(6-4-8)7(10)11;/h2-6H2,1H3,(H,10,11);1H2. The van der Waals surface area contributed by atoms with Gasteiger partial charge in [0.2, 0.25) is 0 Å². The van der Waals surface area contributed by atoms with Crippen molar-refractivity contribution in [2.75, 3.05) is 32.7 Å². The van der Waals surface area contributed by atoms with Crippen LogP contribution in [0.4, 0.5) is 0 Å². The van der Waals surface area contributed by atoms with Crippen molar-refractivity contribution < 1.29 is 5.48 Å². The van der Waals surface area contributed by atoms with Gasteiger partial charge in [-0.1, -0.05) is 19.1 Å². The average molecular weight is 208 g/mol. The summed E-state index contributed by atoms with van der Waals surface area (Å²) in [4.78, 5) is 4.56. The average Bonchev–Trinajstić information content (AvgIpc) is 2.05. The molecule has 0 saturated carbocycles. The smallest absolute Gasteiger partial charge is 0.133 e. The number of likely N-dealkylation sites (N-methyl/N-ethyl adjacent to an activating group) is 1. The van der Waals surface area contributed by atoms with Crippen LogP contribution in [0.5, 0.6) is 0 Å². The molecule has 0 atom stereocenters. The Labute approximate surface area is 84.4 Å². The molecule has 1 aliphatic heterocycles. The minimum absolute atomic E-state index is 0. The van der Waals surface area contributed by atoms with E-state index in [1.807, 2.05) is 0 Å². The van der Waals surface area contributed by atoms with E-state index < -0.39 is 0 Å². The number of hydrogen-bond acceptors (Lipinski definition) is 2. The van der Waals surface area contributed by atoms with E-state index in [2.05, 4.69) is 29.4 Å². The normalized spacial score (nSPS) is 18.7. The highest BCUT2D eigenvalue weighted by atomic mass is 32.1. The number of piperazine rings is 1. The summed E-state index contributed by atoms with van der Waals surface area (Å²) >= 11 is 9.10. The van der Waals surface area contributed by atoms with Crippen LogP contribution >= 0.6 is 24.8 Å². The van der Waals surface area contributed by atoms with Crippen molar-refractivity contribution in [1.82, 2.24) is 9.80 Å². The SMILES string of the molecule is CCN1CCN(C(=S)S)CC1.O. The molecule has 1 rings (SSSR count). The maximum absolute atomic E-state index is 4.96. The zero-order chi connectivity index (χ0) is 8.27. The molecular formula is C7H16N2OS2. The lowest BCUT2D eigenvalue weighted by Crippen LogP contribution is -2.46. The third kappa shape index (κ3) is 3.26. The molecule has 0 aromatic heterocycles. The molecule has 2 N–H and O–H groups in total. The van der Waals surface area contributed by atoms with E-state index in [0.29, 0.717) is 0 Å². The second-order valence-corrected chi connectivity index (χ2v) is 3.82. The molecule has 0 amide bonds. The molecule has 0 aromatic carbocycles. The third-order valence-corrected chi connectivity index (χ3v) is 2.63. The number of nitrogens with zero attached hydrogens (tertiary/aromatic N) is 2. The van der Waals surface area contributed by atoms with E-state index in [0.717, 1.165) is 37.0 Å². The molecule has 72 valence electrons. The zero-order valence-electron chi connectivity index (χ0n) is 7.29. The summed E-state index contributed by atoms with van der Waals surface area (Å²) in [5.74, 6) is 0. The Morgan fingerprint density at radius 1 is 1.33 bits per heavy atom. The van der Waals surface area contributed by atoms with Gasteiger partial charge in [0.1, 0.15) is 4.32 Å². The van der Waals surface area contributed by atoms with Crippen LogP contribution in [0.15, 0.2) is 0 Å². The van der Waals surface area contributed by atoms with Crippen molar-refractivity contribution in [3.63, 3.8) is 0 Å². The van der Waals surface area contributed by atoms with Gasteiger partial charge in [-0.25, -0.2) is 0 Å². The van der Waals surface area contributed by atoms with Crippen LogP contribution in [0, 0.1) is 0 Å². The van der Waals surface area contributed by atoms with Gasteiger partial charge in [-0.05, 0) is 6.54 Å². The molecule has 1 aliphatic rings. The highest BCUT2D eigenvalue weighted by Crippen LogP contribution is 2.03. The maximum atomic E-state index is 4.96. The van der Waals surface area contributed by atoms with E-state index in [4.69, 9.17) is 12.2 Å². The Kier molecular flexibility index (Phi) is 5.82. The van der Waals surface area contributed by atoms with Gasteiger partial charge in [-0.3, -0.25) is 0 Å². The van der Waals surface area contributed by atoms with Gasteiger partial charge in [0.15, 0.2) is 0 Å². The van der Waals surface area contributed by atoms with Gasteiger partial charge in [-0.15, -0.1) is 12.6 Å². The summed E-state index contributed by atoms with van der Waals surface area (Å²) in [6, 6.07) is 0. The van der Waals surface area contributed by atoms with Gasteiger partial charge in [-0.2, -0.15) is 0 Å². The summed E-state index contributed by atoms with van der Waals surface area (Å²) in [7, 11) is 0. The number of rotatable bonds is 1. The molecule has 0 unspecified atom stereocenters. The second-order valence-electron chi connectivity index (χ2n) is 2.70. The Hall–Kier alpha value is 0.160. The van der Waals surface area contributed by atoms with Crippen LogP contribution in [0.2, 0.25) is 0 Å². The number of thiol groups is 1. The Morgan fingerprint density at radius 3 is 2.17 bits per heavy atom. The first-order chi connectivity index (χ1) is 5.24. The first-order valence-electron chi connectivity index (χ1n) is 3.94. The predicted octanol–water partition coefficient (Wildman–Crippen LogP) is 0.0139. The fourth-order valence-corrected chi connectivity index (χ4v) is 1.64. The summed E-state index contributed by atoms with van der Waals surface area (Å²) in [6.07, 6.45) is 0. The largest absolute Gasteiger partial charge is 0.412 e. The maximum Gasteiger partial charge on any atom is 0.133 e. The Morgan fingerprint density at radius 2 is 1.83 bits per heavy atom. The summed E-state index contributed by atoms with van der Waals surface area (Å²) < 4.78 is 0.737. The molecular weight excluding hydrogens is 192 g/mol. The van der Waals surface area contributed by atoms with Crippen molar-refractivity contribution in [3.05, 3.63) is 0 Å². The van der Waals surface area contributed by atoms with Crippen LogP contribution in [-0.4, -0.2) is 52.3 Å².